The van der Waals surface area contributed by atoms with Crippen LogP contribution in [0.4, 0.5) is 0 Å². The molecule has 1 aromatic carbocycles. The van der Waals surface area contributed by atoms with Crippen molar-refractivity contribution >= 4 is 5.97 Å². The summed E-state index contributed by atoms with van der Waals surface area (Å²) in [7, 11) is 0. The molecule has 13 heavy (non-hydrogen) atoms. The summed E-state index contributed by atoms with van der Waals surface area (Å²) in [6, 6.07) is 7.54. The van der Waals surface area contributed by atoms with Crippen LogP contribution in [-0.2, 0) is 17.6 Å². The summed E-state index contributed by atoms with van der Waals surface area (Å²) in [5, 5.41) is 10.2. The second-order valence-electron chi connectivity index (χ2n) is 2.72. The Bertz CT molecular complexity index is 267. The summed E-state index contributed by atoms with van der Waals surface area (Å²) >= 11 is 0. The molecule has 0 atom stereocenters. The monoisotopic (exact) mass is 186 g/mol. The minimum Gasteiger partial charge on any atom is -0.550 e. The van der Waals surface area contributed by atoms with Crippen LogP contribution < -0.4 is 34.7 Å². The van der Waals surface area contributed by atoms with Crippen molar-refractivity contribution in [3.05, 3.63) is 35.4 Å². The molecule has 0 unspecified atom stereocenters. The van der Waals surface area contributed by atoms with E-state index in [9.17, 15) is 9.90 Å². The number of rotatable bonds is 3. The van der Waals surface area contributed by atoms with Gasteiger partial charge in [0.1, 0.15) is 0 Å². The van der Waals surface area contributed by atoms with Crippen LogP contribution in [0.5, 0.6) is 0 Å². The zero-order valence-corrected chi connectivity index (χ0v) is 10.0. The van der Waals surface area contributed by atoms with Gasteiger partial charge in [-0.05, 0) is 17.5 Å². The van der Waals surface area contributed by atoms with Crippen LogP contribution in [0, 0.1) is 0 Å². The standard InChI is InChI=1S/C10H12O2.Na/c1-2-8-3-5-9(6-4-8)7-10(11)12;/h3-6H,2,7H2,1H3,(H,11,12);/q;+1/p-1. The fourth-order valence-electron chi connectivity index (χ4n) is 1.06. The SMILES string of the molecule is CCc1ccc(CC(=O)[O-])cc1.[Na+]. The first kappa shape index (κ1) is 12.7. The number of hydrogen-bond donors (Lipinski definition) is 0. The molecule has 0 aliphatic carbocycles. The second-order valence-corrected chi connectivity index (χ2v) is 2.72. The van der Waals surface area contributed by atoms with Crippen molar-refractivity contribution in [2.45, 2.75) is 19.8 Å². The van der Waals surface area contributed by atoms with E-state index in [0.717, 1.165) is 12.0 Å². The number of aliphatic carboxylic acids is 1. The minimum absolute atomic E-state index is 0. The molecule has 1 aromatic rings. The van der Waals surface area contributed by atoms with Crippen molar-refractivity contribution in [1.29, 1.82) is 0 Å². The Kier molecular flexibility index (Phi) is 6.04. The Morgan fingerprint density at radius 3 is 2.08 bits per heavy atom. The molecule has 1 rings (SSSR count). The van der Waals surface area contributed by atoms with Gasteiger partial charge in [-0.2, -0.15) is 0 Å². The Morgan fingerprint density at radius 1 is 1.23 bits per heavy atom. The largest absolute Gasteiger partial charge is 1.00 e. The summed E-state index contributed by atoms with van der Waals surface area (Å²) in [5.41, 5.74) is 2.02. The molecule has 2 nitrogen and oxygen atoms in total. The van der Waals surface area contributed by atoms with Gasteiger partial charge in [-0.1, -0.05) is 31.2 Å². The Hall–Kier alpha value is -0.310. The van der Waals surface area contributed by atoms with E-state index in [1.807, 2.05) is 24.3 Å². The first-order chi connectivity index (χ1) is 5.72. The molecule has 0 saturated heterocycles. The van der Waals surface area contributed by atoms with Crippen molar-refractivity contribution in [3.63, 3.8) is 0 Å². The number of benzene rings is 1. The number of carboxylic acid groups (broad SMARTS) is 1. The predicted octanol–water partition coefficient (Wildman–Crippen LogP) is -2.45. The normalized spacial score (nSPS) is 9.00. The van der Waals surface area contributed by atoms with Gasteiger partial charge in [-0.3, -0.25) is 0 Å². The van der Waals surface area contributed by atoms with Gasteiger partial charge in [0.15, 0.2) is 0 Å². The van der Waals surface area contributed by atoms with Gasteiger partial charge in [0.2, 0.25) is 0 Å². The van der Waals surface area contributed by atoms with Crippen LogP contribution in [0.2, 0.25) is 0 Å². The molecular weight excluding hydrogens is 175 g/mol. The van der Waals surface area contributed by atoms with Crippen LogP contribution in [-0.4, -0.2) is 5.97 Å². The summed E-state index contributed by atoms with van der Waals surface area (Å²) in [6.07, 6.45) is 0.982. The average molecular weight is 186 g/mol. The van der Waals surface area contributed by atoms with E-state index in [1.54, 1.807) is 0 Å². The fraction of sp³-hybridized carbons (Fsp3) is 0.300. The van der Waals surface area contributed by atoms with Crippen molar-refractivity contribution in [3.8, 4) is 0 Å². The maximum atomic E-state index is 10.2. The molecule has 0 aliphatic rings. The van der Waals surface area contributed by atoms with Gasteiger partial charge in [0, 0.05) is 12.4 Å². The van der Waals surface area contributed by atoms with Crippen molar-refractivity contribution in [2.75, 3.05) is 0 Å². The van der Waals surface area contributed by atoms with Gasteiger partial charge in [-0.15, -0.1) is 0 Å². The summed E-state index contributed by atoms with van der Waals surface area (Å²) in [5.74, 6) is -1.03. The number of carbonyl (C=O) groups is 1. The van der Waals surface area contributed by atoms with Gasteiger partial charge >= 0.3 is 29.6 Å². The molecule has 0 fully saturated rings. The number of carbonyl (C=O) groups excluding carboxylic acids is 1. The third-order valence-electron chi connectivity index (χ3n) is 1.78. The van der Waals surface area contributed by atoms with Gasteiger partial charge in [-0.25, -0.2) is 0 Å². The number of carboxylic acids is 1. The minimum atomic E-state index is -1.03. The predicted molar refractivity (Wildman–Crippen MR) is 44.5 cm³/mol. The zero-order valence-electron chi connectivity index (χ0n) is 8.04. The average Bonchev–Trinajstić information content (AvgIpc) is 2.05. The molecular formula is C10H11NaO2. The number of aryl methyl sites for hydroxylation is 1. The van der Waals surface area contributed by atoms with E-state index in [4.69, 9.17) is 0 Å². The smallest absolute Gasteiger partial charge is 0.550 e. The molecule has 0 aliphatic heterocycles. The first-order valence-corrected chi connectivity index (χ1v) is 4.00. The molecule has 0 saturated carbocycles. The second kappa shape index (κ2) is 6.19. The van der Waals surface area contributed by atoms with E-state index in [1.165, 1.54) is 5.56 Å². The molecule has 0 aromatic heterocycles. The van der Waals surface area contributed by atoms with E-state index >= 15 is 0 Å². The van der Waals surface area contributed by atoms with Crippen LogP contribution in [0.3, 0.4) is 0 Å². The molecule has 64 valence electrons. The van der Waals surface area contributed by atoms with E-state index in [0.29, 0.717) is 0 Å². The van der Waals surface area contributed by atoms with Crippen molar-refractivity contribution in [1.82, 2.24) is 0 Å². The Balaban J connectivity index is 0.00000144. The summed E-state index contributed by atoms with van der Waals surface area (Å²) in [4.78, 5) is 10.2. The van der Waals surface area contributed by atoms with Gasteiger partial charge in [0.05, 0.1) is 0 Å². The Labute approximate surface area is 100 Å². The molecule has 0 radical (unpaired) electrons. The first-order valence-electron chi connectivity index (χ1n) is 4.00. The molecule has 0 bridgehead atoms. The molecule has 0 spiro atoms. The third kappa shape index (κ3) is 4.46. The maximum Gasteiger partial charge on any atom is 1.00 e. The van der Waals surface area contributed by atoms with Crippen molar-refractivity contribution < 1.29 is 39.5 Å². The fourth-order valence-corrected chi connectivity index (χ4v) is 1.06. The van der Waals surface area contributed by atoms with Crippen LogP contribution in [0.15, 0.2) is 24.3 Å². The molecule has 0 heterocycles. The van der Waals surface area contributed by atoms with E-state index in [-0.39, 0.29) is 36.0 Å². The third-order valence-corrected chi connectivity index (χ3v) is 1.78. The summed E-state index contributed by atoms with van der Waals surface area (Å²) < 4.78 is 0. The van der Waals surface area contributed by atoms with Crippen LogP contribution >= 0.6 is 0 Å². The van der Waals surface area contributed by atoms with E-state index < -0.39 is 5.97 Å². The quantitative estimate of drug-likeness (QED) is 0.491. The van der Waals surface area contributed by atoms with Crippen molar-refractivity contribution in [2.24, 2.45) is 0 Å². The number of hydrogen-bond acceptors (Lipinski definition) is 2. The molecule has 3 heteroatoms. The van der Waals surface area contributed by atoms with Crippen LogP contribution in [0.25, 0.3) is 0 Å². The zero-order chi connectivity index (χ0) is 8.97. The Morgan fingerprint density at radius 2 is 1.69 bits per heavy atom. The van der Waals surface area contributed by atoms with E-state index in [2.05, 4.69) is 6.92 Å². The van der Waals surface area contributed by atoms with Gasteiger partial charge < -0.3 is 9.90 Å². The molecule has 0 amide bonds. The summed E-state index contributed by atoms with van der Waals surface area (Å²) in [6.45, 7) is 2.06. The maximum absolute atomic E-state index is 10.2. The van der Waals surface area contributed by atoms with Crippen LogP contribution in [0.1, 0.15) is 18.1 Å². The molecule has 0 N–H and O–H groups in total. The topological polar surface area (TPSA) is 40.1 Å². The van der Waals surface area contributed by atoms with Gasteiger partial charge in [0.25, 0.3) is 0 Å².